The molecule has 0 spiro atoms. The maximum atomic E-state index is 11.8. The Morgan fingerprint density at radius 2 is 2.13 bits per heavy atom. The van der Waals surface area contributed by atoms with Gasteiger partial charge in [-0.15, -0.1) is 5.10 Å². The van der Waals surface area contributed by atoms with Gasteiger partial charge in [0.2, 0.25) is 0 Å². The van der Waals surface area contributed by atoms with Crippen molar-refractivity contribution in [3.8, 4) is 0 Å². The maximum absolute atomic E-state index is 11.8. The van der Waals surface area contributed by atoms with E-state index in [1.54, 1.807) is 0 Å². The van der Waals surface area contributed by atoms with Crippen LogP contribution in [-0.4, -0.2) is 45.7 Å². The van der Waals surface area contributed by atoms with Crippen LogP contribution in [0.5, 0.6) is 0 Å². The van der Waals surface area contributed by atoms with Crippen LogP contribution in [-0.2, 0) is 5.41 Å². The first kappa shape index (κ1) is 15.5. The summed E-state index contributed by atoms with van der Waals surface area (Å²) in [6, 6.07) is 4.06. The molecule has 3 heterocycles. The molecule has 0 unspecified atom stereocenters. The minimum atomic E-state index is -0.115. The van der Waals surface area contributed by atoms with Gasteiger partial charge in [-0.2, -0.15) is 5.10 Å². The molecule has 0 atom stereocenters. The fraction of sp³-hybridized carbons (Fsp3) is 0.500. The molecule has 1 saturated heterocycles. The number of carbonyl (C=O) groups is 1. The second-order valence-electron chi connectivity index (χ2n) is 6.97. The molecule has 1 amide bonds. The average molecular weight is 314 g/mol. The van der Waals surface area contributed by atoms with E-state index in [2.05, 4.69) is 51.2 Å². The van der Waals surface area contributed by atoms with Crippen LogP contribution in [0.25, 0.3) is 0 Å². The summed E-state index contributed by atoms with van der Waals surface area (Å²) in [4.78, 5) is 20.6. The number of H-pyrrole nitrogens is 1. The highest BCUT2D eigenvalue weighted by Gasteiger charge is 2.28. The number of carbonyl (C=O) groups excluding carboxylic acids is 1. The van der Waals surface area contributed by atoms with Gasteiger partial charge in [-0.05, 0) is 12.1 Å². The van der Waals surface area contributed by atoms with Crippen molar-refractivity contribution in [3.05, 3.63) is 36.0 Å². The van der Waals surface area contributed by atoms with Crippen LogP contribution in [0.1, 0.15) is 37.0 Å². The molecule has 0 bridgehead atoms. The number of rotatable bonds is 4. The molecular weight excluding hydrogens is 292 g/mol. The van der Waals surface area contributed by atoms with Crippen LogP contribution in [0, 0.1) is 5.92 Å². The first-order valence-corrected chi connectivity index (χ1v) is 7.79. The number of aromatic nitrogens is 4. The second-order valence-corrected chi connectivity index (χ2v) is 6.97. The van der Waals surface area contributed by atoms with Gasteiger partial charge in [-0.1, -0.05) is 20.8 Å². The van der Waals surface area contributed by atoms with Crippen molar-refractivity contribution >= 4 is 11.7 Å². The lowest BCUT2D eigenvalue weighted by molar-refractivity contribution is 0.0940. The van der Waals surface area contributed by atoms with Crippen molar-refractivity contribution in [1.82, 2.24) is 25.5 Å². The molecule has 23 heavy (non-hydrogen) atoms. The minimum Gasteiger partial charge on any atom is -0.354 e. The SMILES string of the molecule is CC(C)(C)c1ccc(N2CC(CNC(=O)c3cnc[nH]3)C2)nn1. The van der Waals surface area contributed by atoms with Gasteiger partial charge in [0.1, 0.15) is 5.69 Å². The third-order valence-corrected chi connectivity index (χ3v) is 3.99. The van der Waals surface area contributed by atoms with Crippen LogP contribution in [0.3, 0.4) is 0 Å². The van der Waals surface area contributed by atoms with Crippen LogP contribution in [0.4, 0.5) is 5.82 Å². The van der Waals surface area contributed by atoms with Crippen LogP contribution < -0.4 is 10.2 Å². The number of aromatic amines is 1. The van der Waals surface area contributed by atoms with Gasteiger partial charge in [0.05, 0.1) is 18.2 Å². The standard InChI is InChI=1S/C16H22N6O/c1-16(2,3)13-4-5-14(21-20-13)22-8-11(9-22)6-18-15(23)12-7-17-10-19-12/h4-5,7,10-11H,6,8-9H2,1-3H3,(H,17,19)(H,18,23). The summed E-state index contributed by atoms with van der Waals surface area (Å²) >= 11 is 0. The fourth-order valence-electron chi connectivity index (χ4n) is 2.49. The van der Waals surface area contributed by atoms with Gasteiger partial charge < -0.3 is 15.2 Å². The Hall–Kier alpha value is -2.44. The zero-order valence-corrected chi connectivity index (χ0v) is 13.7. The second kappa shape index (κ2) is 5.98. The largest absolute Gasteiger partial charge is 0.354 e. The lowest BCUT2D eigenvalue weighted by Crippen LogP contribution is -2.52. The number of hydrogen-bond donors (Lipinski definition) is 2. The molecule has 1 aliphatic heterocycles. The van der Waals surface area contributed by atoms with Gasteiger partial charge >= 0.3 is 0 Å². The van der Waals surface area contributed by atoms with E-state index in [9.17, 15) is 4.79 Å². The Bertz CT molecular complexity index is 653. The molecule has 1 aliphatic rings. The Morgan fingerprint density at radius 3 is 2.70 bits per heavy atom. The van der Waals surface area contributed by atoms with E-state index in [0.29, 0.717) is 18.2 Å². The highest BCUT2D eigenvalue weighted by Crippen LogP contribution is 2.24. The highest BCUT2D eigenvalue weighted by atomic mass is 16.1. The van der Waals surface area contributed by atoms with Crippen molar-refractivity contribution in [3.63, 3.8) is 0 Å². The molecule has 1 fully saturated rings. The molecule has 2 aromatic heterocycles. The molecule has 0 saturated carbocycles. The van der Waals surface area contributed by atoms with E-state index in [1.807, 2.05) is 12.1 Å². The van der Waals surface area contributed by atoms with Gasteiger partial charge in [-0.25, -0.2) is 4.98 Å². The molecule has 2 N–H and O–H groups in total. The van der Waals surface area contributed by atoms with Gasteiger partial charge in [0.25, 0.3) is 5.91 Å². The molecule has 0 aliphatic carbocycles. The van der Waals surface area contributed by atoms with Gasteiger partial charge in [0.15, 0.2) is 5.82 Å². The number of nitrogens with one attached hydrogen (secondary N) is 2. The zero-order chi connectivity index (χ0) is 16.4. The molecule has 7 nitrogen and oxygen atoms in total. The molecule has 0 radical (unpaired) electrons. The molecule has 0 aromatic carbocycles. The Kier molecular flexibility index (Phi) is 4.02. The van der Waals surface area contributed by atoms with Crippen molar-refractivity contribution < 1.29 is 4.79 Å². The zero-order valence-electron chi connectivity index (χ0n) is 13.7. The number of imidazole rings is 1. The summed E-state index contributed by atoms with van der Waals surface area (Å²) in [5.74, 6) is 1.22. The molecule has 7 heteroatoms. The normalized spacial score (nSPS) is 15.3. The maximum Gasteiger partial charge on any atom is 0.269 e. The van der Waals surface area contributed by atoms with Gasteiger partial charge in [-0.3, -0.25) is 4.79 Å². The average Bonchev–Trinajstić information content (AvgIpc) is 2.99. The topological polar surface area (TPSA) is 86.8 Å². The van der Waals surface area contributed by atoms with Crippen LogP contribution in [0.2, 0.25) is 0 Å². The van der Waals surface area contributed by atoms with Crippen molar-refractivity contribution in [2.75, 3.05) is 24.5 Å². The Labute approximate surface area is 135 Å². The monoisotopic (exact) mass is 314 g/mol. The fourth-order valence-corrected chi connectivity index (χ4v) is 2.49. The molecule has 3 rings (SSSR count). The number of anilines is 1. The van der Waals surface area contributed by atoms with E-state index in [1.165, 1.54) is 12.5 Å². The Balaban J connectivity index is 1.46. The van der Waals surface area contributed by atoms with Crippen LogP contribution in [0.15, 0.2) is 24.7 Å². The van der Waals surface area contributed by atoms with Crippen molar-refractivity contribution in [2.45, 2.75) is 26.2 Å². The summed E-state index contributed by atoms with van der Waals surface area (Å²) in [6.07, 6.45) is 3.02. The van der Waals surface area contributed by atoms with Crippen molar-refractivity contribution in [1.29, 1.82) is 0 Å². The molecular formula is C16H22N6O. The quantitative estimate of drug-likeness (QED) is 0.890. The third-order valence-electron chi connectivity index (χ3n) is 3.99. The molecule has 122 valence electrons. The van der Waals surface area contributed by atoms with E-state index in [4.69, 9.17) is 0 Å². The lowest BCUT2D eigenvalue weighted by atomic mass is 9.92. The predicted molar refractivity (Wildman–Crippen MR) is 87.4 cm³/mol. The van der Waals surface area contributed by atoms with E-state index < -0.39 is 0 Å². The summed E-state index contributed by atoms with van der Waals surface area (Å²) < 4.78 is 0. The smallest absolute Gasteiger partial charge is 0.269 e. The third kappa shape index (κ3) is 3.49. The first-order valence-electron chi connectivity index (χ1n) is 7.79. The van der Waals surface area contributed by atoms with Crippen LogP contribution >= 0.6 is 0 Å². The number of amides is 1. The summed E-state index contributed by atoms with van der Waals surface area (Å²) in [7, 11) is 0. The highest BCUT2D eigenvalue weighted by molar-refractivity contribution is 5.91. The van der Waals surface area contributed by atoms with Gasteiger partial charge in [0, 0.05) is 31.0 Å². The first-order chi connectivity index (χ1) is 10.9. The number of hydrogen-bond acceptors (Lipinski definition) is 5. The van der Waals surface area contributed by atoms with E-state index in [0.717, 1.165) is 24.6 Å². The lowest BCUT2D eigenvalue weighted by Gasteiger charge is -2.40. The summed E-state index contributed by atoms with van der Waals surface area (Å²) in [5, 5.41) is 11.5. The van der Waals surface area contributed by atoms with Crippen molar-refractivity contribution in [2.24, 2.45) is 5.92 Å². The summed E-state index contributed by atoms with van der Waals surface area (Å²) in [6.45, 7) is 8.79. The van der Waals surface area contributed by atoms with E-state index in [-0.39, 0.29) is 11.3 Å². The Morgan fingerprint density at radius 1 is 1.35 bits per heavy atom. The number of nitrogens with zero attached hydrogens (tertiary/aromatic N) is 4. The predicted octanol–water partition coefficient (Wildman–Crippen LogP) is 1.36. The minimum absolute atomic E-state index is 0.0139. The van der Waals surface area contributed by atoms with E-state index >= 15 is 0 Å². The molecule has 2 aromatic rings. The summed E-state index contributed by atoms with van der Waals surface area (Å²) in [5.41, 5.74) is 1.50.